The highest BCUT2D eigenvalue weighted by Crippen LogP contribution is 2.33. The molecule has 50 heavy (non-hydrogen) atoms. The Morgan fingerprint density at radius 1 is 0.760 bits per heavy atom. The maximum atomic E-state index is 14.0. The molecule has 1 aromatic carbocycles. The molecule has 5 rings (SSSR count). The molecular weight excluding hydrogens is 642 g/mol. The monoisotopic (exact) mass is 687 g/mol. The highest BCUT2D eigenvalue weighted by atomic mass is 16.6. The summed E-state index contributed by atoms with van der Waals surface area (Å²) in [6.07, 6.45) is 4.99. The zero-order chi connectivity index (χ0) is 36.4. The standard InChI is InChI=1S/C35H45N9O6/c1-33(2,3)48-30(45)43(24-12-10-23(11-13-24)41-17-14-36-15-18-41)29-28-38-16-19-42(28)22-26(40-29)25-20-37-21-27(39-25)44(31(46)49-34(4,5)6)32(47)50-35(7,8)9/h10-13,16,19-22,36H,14-15,17-18H2,1-9H3. The van der Waals surface area contributed by atoms with Crippen molar-refractivity contribution in [1.29, 1.82) is 0 Å². The van der Waals surface area contributed by atoms with Crippen molar-refractivity contribution in [2.45, 2.75) is 79.1 Å². The van der Waals surface area contributed by atoms with Gasteiger partial charge in [0, 0.05) is 50.5 Å². The number of hydrogen-bond acceptors (Lipinski definition) is 12. The lowest BCUT2D eigenvalue weighted by atomic mass is 10.2. The number of benzene rings is 1. The maximum Gasteiger partial charge on any atom is 0.425 e. The molecule has 4 heterocycles. The highest BCUT2D eigenvalue weighted by Gasteiger charge is 2.35. The Labute approximate surface area is 291 Å². The van der Waals surface area contributed by atoms with Gasteiger partial charge in [-0.3, -0.25) is 4.98 Å². The molecular formula is C35H45N9O6. The Morgan fingerprint density at radius 2 is 1.34 bits per heavy atom. The van der Waals surface area contributed by atoms with Crippen LogP contribution in [0.25, 0.3) is 17.0 Å². The lowest BCUT2D eigenvalue weighted by molar-refractivity contribution is 0.0427. The molecule has 1 fully saturated rings. The number of carbonyl (C=O) groups is 3. The zero-order valence-corrected chi connectivity index (χ0v) is 30.1. The van der Waals surface area contributed by atoms with Crippen LogP contribution >= 0.6 is 0 Å². The average Bonchev–Trinajstić information content (AvgIpc) is 3.49. The first-order chi connectivity index (χ1) is 23.4. The molecule has 0 atom stereocenters. The van der Waals surface area contributed by atoms with E-state index < -0.39 is 35.1 Å². The van der Waals surface area contributed by atoms with Crippen LogP contribution in [0.1, 0.15) is 62.3 Å². The normalized spacial score (nSPS) is 13.9. The molecule has 3 aromatic heterocycles. The molecule has 1 N–H and O–H groups in total. The van der Waals surface area contributed by atoms with E-state index in [1.807, 2.05) is 24.3 Å². The van der Waals surface area contributed by atoms with Crippen molar-refractivity contribution in [2.75, 3.05) is 40.9 Å². The number of hydrogen-bond donors (Lipinski definition) is 1. The van der Waals surface area contributed by atoms with E-state index in [0.29, 0.717) is 16.2 Å². The third-order valence-corrected chi connectivity index (χ3v) is 7.00. The van der Waals surface area contributed by atoms with Crippen molar-refractivity contribution in [2.24, 2.45) is 0 Å². The number of nitrogens with zero attached hydrogens (tertiary/aromatic N) is 8. The number of imidazole rings is 1. The molecule has 0 saturated carbocycles. The Kier molecular flexibility index (Phi) is 10.0. The van der Waals surface area contributed by atoms with Gasteiger partial charge in [0.15, 0.2) is 17.3 Å². The summed E-state index contributed by atoms with van der Waals surface area (Å²) in [7, 11) is 0. The predicted molar refractivity (Wildman–Crippen MR) is 189 cm³/mol. The molecule has 3 amide bonds. The van der Waals surface area contributed by atoms with Gasteiger partial charge in [0.1, 0.15) is 28.2 Å². The first-order valence-corrected chi connectivity index (χ1v) is 16.4. The molecule has 15 nitrogen and oxygen atoms in total. The summed E-state index contributed by atoms with van der Waals surface area (Å²) < 4.78 is 18.6. The molecule has 1 aliphatic heterocycles. The summed E-state index contributed by atoms with van der Waals surface area (Å²) in [6, 6.07) is 7.60. The van der Waals surface area contributed by atoms with Crippen LogP contribution in [0.3, 0.4) is 0 Å². The van der Waals surface area contributed by atoms with Crippen LogP contribution < -0.4 is 20.0 Å². The molecule has 0 aliphatic carbocycles. The van der Waals surface area contributed by atoms with Gasteiger partial charge in [0.25, 0.3) is 0 Å². The quantitative estimate of drug-likeness (QED) is 0.233. The fourth-order valence-electron chi connectivity index (χ4n) is 5.01. The van der Waals surface area contributed by atoms with Gasteiger partial charge in [-0.1, -0.05) is 0 Å². The lowest BCUT2D eigenvalue weighted by Gasteiger charge is -2.30. The van der Waals surface area contributed by atoms with Crippen molar-refractivity contribution in [3.8, 4) is 11.4 Å². The lowest BCUT2D eigenvalue weighted by Crippen LogP contribution is -2.44. The number of anilines is 4. The van der Waals surface area contributed by atoms with Crippen LogP contribution in [-0.4, -0.2) is 85.6 Å². The summed E-state index contributed by atoms with van der Waals surface area (Å²) in [5, 5.41) is 3.36. The van der Waals surface area contributed by atoms with Crippen LogP contribution in [0.5, 0.6) is 0 Å². The predicted octanol–water partition coefficient (Wildman–Crippen LogP) is 6.35. The van der Waals surface area contributed by atoms with Crippen LogP contribution in [-0.2, 0) is 14.2 Å². The van der Waals surface area contributed by atoms with Gasteiger partial charge in [-0.25, -0.2) is 34.2 Å². The number of piperazine rings is 1. The van der Waals surface area contributed by atoms with Gasteiger partial charge in [0.05, 0.1) is 18.1 Å². The maximum absolute atomic E-state index is 14.0. The molecule has 0 spiro atoms. The van der Waals surface area contributed by atoms with Crippen molar-refractivity contribution in [3.63, 3.8) is 0 Å². The van der Waals surface area contributed by atoms with Crippen LogP contribution in [0.15, 0.2) is 55.2 Å². The summed E-state index contributed by atoms with van der Waals surface area (Å²) in [4.78, 5) is 63.2. The summed E-state index contributed by atoms with van der Waals surface area (Å²) in [5.74, 6) is 0.0209. The van der Waals surface area contributed by atoms with Gasteiger partial charge < -0.3 is 28.8 Å². The Bertz CT molecular complexity index is 1820. The van der Waals surface area contributed by atoms with Crippen molar-refractivity contribution >= 4 is 46.9 Å². The van der Waals surface area contributed by atoms with E-state index >= 15 is 0 Å². The fourth-order valence-corrected chi connectivity index (χ4v) is 5.01. The first kappa shape index (κ1) is 36.0. The Hall–Kier alpha value is -5.31. The van der Waals surface area contributed by atoms with E-state index in [-0.39, 0.29) is 23.0 Å². The van der Waals surface area contributed by atoms with E-state index in [1.54, 1.807) is 85.3 Å². The second kappa shape index (κ2) is 13.9. The average molecular weight is 688 g/mol. The summed E-state index contributed by atoms with van der Waals surface area (Å²) >= 11 is 0. The number of rotatable bonds is 5. The number of nitrogens with one attached hydrogen (secondary N) is 1. The molecule has 15 heteroatoms. The molecule has 1 aliphatic rings. The molecule has 0 unspecified atom stereocenters. The smallest absolute Gasteiger partial charge is 0.425 e. The number of imide groups is 1. The topological polar surface area (TPSA) is 157 Å². The van der Waals surface area contributed by atoms with Crippen molar-refractivity contribution in [1.82, 2.24) is 29.7 Å². The van der Waals surface area contributed by atoms with Gasteiger partial charge >= 0.3 is 18.3 Å². The second-order valence-electron chi connectivity index (χ2n) is 14.7. The number of carbonyl (C=O) groups excluding carboxylic acids is 3. The third kappa shape index (κ3) is 8.83. The van der Waals surface area contributed by atoms with E-state index in [1.165, 1.54) is 17.3 Å². The van der Waals surface area contributed by atoms with E-state index in [2.05, 4.69) is 25.2 Å². The largest absolute Gasteiger partial charge is 0.443 e. The minimum absolute atomic E-state index is 0.146. The number of ether oxygens (including phenoxy) is 3. The van der Waals surface area contributed by atoms with Gasteiger partial charge in [0.2, 0.25) is 0 Å². The number of aromatic nitrogens is 5. The van der Waals surface area contributed by atoms with Crippen molar-refractivity contribution in [3.05, 3.63) is 55.2 Å². The van der Waals surface area contributed by atoms with E-state index in [4.69, 9.17) is 19.2 Å². The minimum atomic E-state index is -0.989. The van der Waals surface area contributed by atoms with Gasteiger partial charge in [-0.15, -0.1) is 0 Å². The molecule has 4 aromatic rings. The Morgan fingerprint density at radius 3 is 1.92 bits per heavy atom. The zero-order valence-electron chi connectivity index (χ0n) is 30.1. The third-order valence-electron chi connectivity index (χ3n) is 7.00. The molecule has 1 saturated heterocycles. The van der Waals surface area contributed by atoms with Crippen LogP contribution in [0, 0.1) is 0 Å². The Balaban J connectivity index is 1.61. The first-order valence-electron chi connectivity index (χ1n) is 16.4. The van der Waals surface area contributed by atoms with Crippen LogP contribution in [0.2, 0.25) is 0 Å². The van der Waals surface area contributed by atoms with E-state index in [9.17, 15) is 14.4 Å². The summed E-state index contributed by atoms with van der Waals surface area (Å²) in [6.45, 7) is 19.0. The summed E-state index contributed by atoms with van der Waals surface area (Å²) in [5.41, 5.74) is -0.286. The van der Waals surface area contributed by atoms with E-state index in [0.717, 1.165) is 31.9 Å². The molecule has 0 radical (unpaired) electrons. The fraction of sp³-hybridized carbons (Fsp3) is 0.457. The van der Waals surface area contributed by atoms with Crippen LogP contribution in [0.4, 0.5) is 37.4 Å². The van der Waals surface area contributed by atoms with Gasteiger partial charge in [-0.05, 0) is 86.6 Å². The minimum Gasteiger partial charge on any atom is -0.443 e. The molecule has 0 bridgehead atoms. The SMILES string of the molecule is CC(C)(C)OC(=O)N(C(=O)OC(C)(C)C)c1cncc(-c2cn3ccnc3c(N(C(=O)OC(C)(C)C)c3ccc(N4CCNCC4)cc3)n2)n1. The second-order valence-corrected chi connectivity index (χ2v) is 14.7. The van der Waals surface area contributed by atoms with Gasteiger partial charge in [-0.2, -0.15) is 4.90 Å². The van der Waals surface area contributed by atoms with Crippen molar-refractivity contribution < 1.29 is 28.6 Å². The number of fused-ring (bicyclic) bond motifs is 1. The number of amides is 3. The molecule has 266 valence electrons. The highest BCUT2D eigenvalue weighted by molar-refractivity contribution is 6.08.